The number of aromatic nitrogens is 1. The molecule has 20 heavy (non-hydrogen) atoms. The topological polar surface area (TPSA) is 48.1 Å². The van der Waals surface area contributed by atoms with Gasteiger partial charge < -0.3 is 10.5 Å². The van der Waals surface area contributed by atoms with Gasteiger partial charge in [-0.1, -0.05) is 30.3 Å². The molecule has 0 saturated carbocycles. The minimum absolute atomic E-state index is 0.625. The summed E-state index contributed by atoms with van der Waals surface area (Å²) in [7, 11) is 1.70. The molecule has 3 aromatic rings. The standard InChI is InChI=1S/C16H16N2OS/c1-19-14-7-6-11-4-2-3-5-12(11)16(14)13-10-20-15(18-13)8-9-17/h2-7,10H,8-9,17H2,1H3. The molecule has 0 aliphatic carbocycles. The minimum atomic E-state index is 0.625. The maximum atomic E-state index is 5.60. The number of ether oxygens (including phenoxy) is 1. The predicted octanol–water partition coefficient (Wildman–Crippen LogP) is 3.47. The van der Waals surface area contributed by atoms with E-state index in [4.69, 9.17) is 10.5 Å². The largest absolute Gasteiger partial charge is 0.496 e. The zero-order chi connectivity index (χ0) is 13.9. The van der Waals surface area contributed by atoms with Crippen LogP contribution in [0.25, 0.3) is 22.0 Å². The lowest BCUT2D eigenvalue weighted by atomic mass is 10.0. The van der Waals surface area contributed by atoms with Gasteiger partial charge in [0.1, 0.15) is 5.75 Å². The molecule has 2 aromatic carbocycles. The first-order valence-electron chi connectivity index (χ1n) is 6.54. The Bertz CT molecular complexity index is 736. The highest BCUT2D eigenvalue weighted by Crippen LogP contribution is 2.37. The van der Waals surface area contributed by atoms with Crippen LogP contribution in [0.15, 0.2) is 41.8 Å². The van der Waals surface area contributed by atoms with Gasteiger partial charge in [0.05, 0.1) is 23.4 Å². The molecule has 1 heterocycles. The van der Waals surface area contributed by atoms with Gasteiger partial charge in [-0.15, -0.1) is 11.3 Å². The highest BCUT2D eigenvalue weighted by molar-refractivity contribution is 7.10. The van der Waals surface area contributed by atoms with Crippen LogP contribution in [-0.2, 0) is 6.42 Å². The Hall–Kier alpha value is -1.91. The fourth-order valence-corrected chi connectivity index (χ4v) is 3.15. The molecule has 0 bridgehead atoms. The van der Waals surface area contributed by atoms with Crippen molar-refractivity contribution >= 4 is 22.1 Å². The molecule has 102 valence electrons. The van der Waals surface area contributed by atoms with E-state index in [-0.39, 0.29) is 0 Å². The lowest BCUT2D eigenvalue weighted by Crippen LogP contribution is -2.02. The number of nitrogens with zero attached hydrogens (tertiary/aromatic N) is 1. The second kappa shape index (κ2) is 5.61. The smallest absolute Gasteiger partial charge is 0.128 e. The molecule has 0 spiro atoms. The Labute approximate surface area is 122 Å². The van der Waals surface area contributed by atoms with E-state index < -0.39 is 0 Å². The SMILES string of the molecule is COc1ccc2ccccc2c1-c1csc(CCN)n1. The van der Waals surface area contributed by atoms with E-state index in [1.165, 1.54) is 5.39 Å². The van der Waals surface area contributed by atoms with Gasteiger partial charge in [0.2, 0.25) is 0 Å². The van der Waals surface area contributed by atoms with Crippen molar-refractivity contribution in [1.82, 2.24) is 4.98 Å². The average Bonchev–Trinajstić information content (AvgIpc) is 2.94. The van der Waals surface area contributed by atoms with Gasteiger partial charge in [-0.2, -0.15) is 0 Å². The number of fused-ring (bicyclic) bond motifs is 1. The summed E-state index contributed by atoms with van der Waals surface area (Å²) in [5.74, 6) is 0.855. The molecule has 0 unspecified atom stereocenters. The van der Waals surface area contributed by atoms with E-state index >= 15 is 0 Å². The summed E-state index contributed by atoms with van der Waals surface area (Å²) >= 11 is 1.65. The van der Waals surface area contributed by atoms with Gasteiger partial charge in [-0.25, -0.2) is 4.98 Å². The van der Waals surface area contributed by atoms with Crippen LogP contribution in [-0.4, -0.2) is 18.6 Å². The van der Waals surface area contributed by atoms with Crippen molar-refractivity contribution in [3.05, 3.63) is 46.8 Å². The fourth-order valence-electron chi connectivity index (χ4n) is 2.35. The molecule has 3 nitrogen and oxygen atoms in total. The zero-order valence-corrected chi connectivity index (χ0v) is 12.1. The van der Waals surface area contributed by atoms with Crippen molar-refractivity contribution in [2.45, 2.75) is 6.42 Å². The molecule has 0 aliphatic rings. The third-order valence-electron chi connectivity index (χ3n) is 3.28. The Morgan fingerprint density at radius 1 is 1.20 bits per heavy atom. The summed E-state index contributed by atoms with van der Waals surface area (Å²) in [5.41, 5.74) is 7.62. The first-order valence-corrected chi connectivity index (χ1v) is 7.42. The quantitative estimate of drug-likeness (QED) is 0.798. The lowest BCUT2D eigenvalue weighted by molar-refractivity contribution is 0.417. The van der Waals surface area contributed by atoms with Gasteiger partial charge in [-0.3, -0.25) is 0 Å². The molecule has 0 amide bonds. The predicted molar refractivity (Wildman–Crippen MR) is 84.4 cm³/mol. The Morgan fingerprint density at radius 2 is 2.05 bits per heavy atom. The summed E-state index contributed by atoms with van der Waals surface area (Å²) in [6, 6.07) is 12.4. The number of hydrogen-bond acceptors (Lipinski definition) is 4. The second-order valence-electron chi connectivity index (χ2n) is 4.53. The van der Waals surface area contributed by atoms with Crippen LogP contribution >= 0.6 is 11.3 Å². The van der Waals surface area contributed by atoms with E-state index in [2.05, 4.69) is 28.6 Å². The molecular weight excluding hydrogens is 268 g/mol. The first kappa shape index (κ1) is 13.1. The van der Waals surface area contributed by atoms with Crippen molar-refractivity contribution in [1.29, 1.82) is 0 Å². The number of benzene rings is 2. The van der Waals surface area contributed by atoms with Gasteiger partial charge in [0.15, 0.2) is 0 Å². The monoisotopic (exact) mass is 284 g/mol. The fraction of sp³-hybridized carbons (Fsp3) is 0.188. The van der Waals surface area contributed by atoms with Crippen molar-refractivity contribution < 1.29 is 4.74 Å². The van der Waals surface area contributed by atoms with Crippen molar-refractivity contribution in [3.63, 3.8) is 0 Å². The van der Waals surface area contributed by atoms with Crippen molar-refractivity contribution in [2.75, 3.05) is 13.7 Å². The Balaban J connectivity index is 2.21. The highest BCUT2D eigenvalue weighted by Gasteiger charge is 2.13. The number of rotatable bonds is 4. The first-order chi connectivity index (χ1) is 9.83. The molecule has 4 heteroatoms. The Morgan fingerprint density at radius 3 is 2.85 bits per heavy atom. The molecule has 3 rings (SSSR count). The van der Waals surface area contributed by atoms with E-state index in [0.29, 0.717) is 6.54 Å². The molecular formula is C16H16N2OS. The highest BCUT2D eigenvalue weighted by atomic mass is 32.1. The molecule has 0 atom stereocenters. The summed E-state index contributed by atoms with van der Waals surface area (Å²) in [6.45, 7) is 0.625. The van der Waals surface area contributed by atoms with Gasteiger partial charge in [0, 0.05) is 11.8 Å². The third kappa shape index (κ3) is 2.28. The number of hydrogen-bond donors (Lipinski definition) is 1. The molecule has 0 aliphatic heterocycles. The van der Waals surface area contributed by atoms with Crippen LogP contribution < -0.4 is 10.5 Å². The van der Waals surface area contributed by atoms with Gasteiger partial charge >= 0.3 is 0 Å². The number of thiazole rings is 1. The van der Waals surface area contributed by atoms with E-state index in [0.717, 1.165) is 33.8 Å². The Kier molecular flexibility index (Phi) is 3.67. The molecule has 0 fully saturated rings. The van der Waals surface area contributed by atoms with Crippen LogP contribution in [0.4, 0.5) is 0 Å². The van der Waals surface area contributed by atoms with Crippen LogP contribution in [0.3, 0.4) is 0 Å². The third-order valence-corrected chi connectivity index (χ3v) is 4.19. The normalized spacial score (nSPS) is 10.9. The number of methoxy groups -OCH3 is 1. The van der Waals surface area contributed by atoms with Crippen molar-refractivity contribution in [2.24, 2.45) is 5.73 Å². The molecule has 1 aromatic heterocycles. The maximum Gasteiger partial charge on any atom is 0.128 e. The van der Waals surface area contributed by atoms with Gasteiger partial charge in [0.25, 0.3) is 0 Å². The maximum absolute atomic E-state index is 5.60. The van der Waals surface area contributed by atoms with E-state index in [1.807, 2.05) is 18.2 Å². The number of nitrogens with two attached hydrogens (primary N) is 1. The lowest BCUT2D eigenvalue weighted by Gasteiger charge is -2.10. The zero-order valence-electron chi connectivity index (χ0n) is 11.3. The van der Waals surface area contributed by atoms with Crippen LogP contribution in [0, 0.1) is 0 Å². The summed E-state index contributed by atoms with van der Waals surface area (Å²) in [6.07, 6.45) is 0.817. The van der Waals surface area contributed by atoms with Crippen LogP contribution in [0.1, 0.15) is 5.01 Å². The second-order valence-corrected chi connectivity index (χ2v) is 5.47. The summed E-state index contributed by atoms with van der Waals surface area (Å²) in [5, 5.41) is 5.50. The molecule has 0 saturated heterocycles. The minimum Gasteiger partial charge on any atom is -0.496 e. The van der Waals surface area contributed by atoms with Crippen LogP contribution in [0.5, 0.6) is 5.75 Å². The summed E-state index contributed by atoms with van der Waals surface area (Å²) < 4.78 is 5.52. The summed E-state index contributed by atoms with van der Waals surface area (Å²) in [4.78, 5) is 4.69. The van der Waals surface area contributed by atoms with Gasteiger partial charge in [-0.05, 0) is 23.4 Å². The van der Waals surface area contributed by atoms with Crippen molar-refractivity contribution in [3.8, 4) is 17.0 Å². The molecule has 2 N–H and O–H groups in total. The molecule has 0 radical (unpaired) electrons. The average molecular weight is 284 g/mol. The van der Waals surface area contributed by atoms with E-state index in [9.17, 15) is 0 Å². The van der Waals surface area contributed by atoms with E-state index in [1.54, 1.807) is 18.4 Å². The van der Waals surface area contributed by atoms with Crippen LogP contribution in [0.2, 0.25) is 0 Å².